The molecule has 0 radical (unpaired) electrons. The quantitative estimate of drug-likeness (QED) is 0.876. The highest BCUT2D eigenvalue weighted by atomic mass is 32.2. The first-order valence-electron chi connectivity index (χ1n) is 6.95. The largest absolute Gasteiger partial charge is 0.487 e. The van der Waals surface area contributed by atoms with Crippen molar-refractivity contribution in [2.24, 2.45) is 0 Å². The highest BCUT2D eigenvalue weighted by Gasteiger charge is 2.35. The molecule has 20 heavy (non-hydrogen) atoms. The van der Waals surface area contributed by atoms with Gasteiger partial charge in [-0.1, -0.05) is 18.2 Å². The molecule has 2 atom stereocenters. The molecule has 1 amide bonds. The van der Waals surface area contributed by atoms with E-state index in [9.17, 15) is 4.79 Å². The van der Waals surface area contributed by atoms with E-state index in [4.69, 9.17) is 4.74 Å². The molecule has 0 saturated carbocycles. The molecule has 1 saturated heterocycles. The number of hydrogen-bond acceptors (Lipinski definition) is 4. The predicted octanol–water partition coefficient (Wildman–Crippen LogP) is 2.07. The number of para-hydroxylation sites is 1. The van der Waals surface area contributed by atoms with E-state index in [2.05, 4.69) is 24.5 Å². The van der Waals surface area contributed by atoms with Gasteiger partial charge < -0.3 is 10.1 Å². The van der Waals surface area contributed by atoms with Crippen LogP contribution in [0.5, 0.6) is 5.75 Å². The summed E-state index contributed by atoms with van der Waals surface area (Å²) in [6.07, 6.45) is 0.787. The fourth-order valence-electron chi connectivity index (χ4n) is 2.77. The average Bonchev–Trinajstić information content (AvgIpc) is 2.91. The molecule has 1 fully saturated rings. The molecule has 5 heteroatoms. The van der Waals surface area contributed by atoms with Gasteiger partial charge in [-0.2, -0.15) is 0 Å². The minimum absolute atomic E-state index is 0.0230. The number of thioether (sulfide) groups is 1. The van der Waals surface area contributed by atoms with Crippen LogP contribution in [0.15, 0.2) is 24.3 Å². The zero-order chi connectivity index (χ0) is 14.2. The molecule has 2 heterocycles. The van der Waals surface area contributed by atoms with Crippen molar-refractivity contribution < 1.29 is 9.53 Å². The highest BCUT2D eigenvalue weighted by molar-refractivity contribution is 7.99. The lowest BCUT2D eigenvalue weighted by atomic mass is 9.89. The molecule has 0 aliphatic carbocycles. The van der Waals surface area contributed by atoms with Crippen molar-refractivity contribution in [1.29, 1.82) is 0 Å². The van der Waals surface area contributed by atoms with Crippen molar-refractivity contribution in [2.45, 2.75) is 38.0 Å². The van der Waals surface area contributed by atoms with Gasteiger partial charge in [-0.3, -0.25) is 10.1 Å². The van der Waals surface area contributed by atoms with Crippen LogP contribution in [0, 0.1) is 0 Å². The molecule has 0 aromatic heterocycles. The third-order valence-corrected chi connectivity index (χ3v) is 4.67. The lowest BCUT2D eigenvalue weighted by molar-refractivity contribution is -0.123. The number of benzene rings is 1. The van der Waals surface area contributed by atoms with Crippen LogP contribution in [0.1, 0.15) is 31.9 Å². The summed E-state index contributed by atoms with van der Waals surface area (Å²) in [6, 6.07) is 7.91. The molecular formula is C15H20N2O2S. The molecule has 2 N–H and O–H groups in total. The van der Waals surface area contributed by atoms with Crippen molar-refractivity contribution in [3.8, 4) is 5.75 Å². The number of amides is 1. The molecule has 1 aromatic carbocycles. The predicted molar refractivity (Wildman–Crippen MR) is 80.9 cm³/mol. The molecule has 2 aliphatic heterocycles. The van der Waals surface area contributed by atoms with Gasteiger partial charge in [0.05, 0.1) is 12.1 Å². The maximum absolute atomic E-state index is 12.3. The van der Waals surface area contributed by atoms with Crippen LogP contribution in [-0.2, 0) is 4.79 Å². The normalized spacial score (nSPS) is 27.5. The van der Waals surface area contributed by atoms with Gasteiger partial charge in [0.15, 0.2) is 0 Å². The maximum atomic E-state index is 12.3. The molecular weight excluding hydrogens is 272 g/mol. The van der Waals surface area contributed by atoms with Crippen LogP contribution in [0.2, 0.25) is 0 Å². The summed E-state index contributed by atoms with van der Waals surface area (Å²) < 4.78 is 5.99. The summed E-state index contributed by atoms with van der Waals surface area (Å²) in [5.74, 6) is 2.67. The Bertz CT molecular complexity index is 512. The first-order valence-corrected chi connectivity index (χ1v) is 8.10. The lowest BCUT2D eigenvalue weighted by Crippen LogP contribution is -2.47. The third-order valence-electron chi connectivity index (χ3n) is 3.73. The number of hydrogen-bond donors (Lipinski definition) is 2. The summed E-state index contributed by atoms with van der Waals surface area (Å²) in [6.45, 7) is 4.12. The van der Waals surface area contributed by atoms with Gasteiger partial charge in [0.2, 0.25) is 5.91 Å². The topological polar surface area (TPSA) is 50.4 Å². The second kappa shape index (κ2) is 5.30. The fourth-order valence-corrected chi connectivity index (χ4v) is 3.71. The van der Waals surface area contributed by atoms with Gasteiger partial charge in [-0.15, -0.1) is 11.8 Å². The summed E-state index contributed by atoms with van der Waals surface area (Å²) in [5, 5.41) is 6.39. The number of rotatable bonds is 2. The summed E-state index contributed by atoms with van der Waals surface area (Å²) in [5.41, 5.74) is 0.815. The summed E-state index contributed by atoms with van der Waals surface area (Å²) in [7, 11) is 0. The minimum atomic E-state index is -0.260. The van der Waals surface area contributed by atoms with Crippen molar-refractivity contribution in [3.63, 3.8) is 0 Å². The second-order valence-corrected chi connectivity index (χ2v) is 6.97. The lowest BCUT2D eigenvalue weighted by Gasteiger charge is -2.38. The van der Waals surface area contributed by atoms with Crippen molar-refractivity contribution in [3.05, 3.63) is 29.8 Å². The molecule has 108 valence electrons. The number of nitrogens with one attached hydrogen (secondary N) is 2. The van der Waals surface area contributed by atoms with E-state index in [0.717, 1.165) is 29.4 Å². The van der Waals surface area contributed by atoms with E-state index < -0.39 is 0 Å². The summed E-state index contributed by atoms with van der Waals surface area (Å²) >= 11 is 1.76. The molecule has 2 aliphatic rings. The van der Waals surface area contributed by atoms with Crippen LogP contribution in [0.3, 0.4) is 0 Å². The van der Waals surface area contributed by atoms with Crippen LogP contribution < -0.4 is 15.4 Å². The Labute approximate surface area is 123 Å². The van der Waals surface area contributed by atoms with Gasteiger partial charge in [0.25, 0.3) is 0 Å². The second-order valence-electron chi connectivity index (χ2n) is 5.94. The van der Waals surface area contributed by atoms with E-state index in [1.165, 1.54) is 0 Å². The third kappa shape index (κ3) is 2.79. The average molecular weight is 292 g/mol. The molecule has 1 aromatic rings. The molecule has 3 rings (SSSR count). The Morgan fingerprint density at radius 2 is 2.25 bits per heavy atom. The van der Waals surface area contributed by atoms with Crippen molar-refractivity contribution in [2.75, 3.05) is 11.6 Å². The van der Waals surface area contributed by atoms with Crippen LogP contribution in [-0.4, -0.2) is 29.2 Å². The van der Waals surface area contributed by atoms with E-state index in [1.807, 2.05) is 24.3 Å². The Morgan fingerprint density at radius 1 is 1.45 bits per heavy atom. The first-order chi connectivity index (χ1) is 9.55. The van der Waals surface area contributed by atoms with Gasteiger partial charge in [-0.05, 0) is 19.9 Å². The Hall–Kier alpha value is -1.20. The van der Waals surface area contributed by atoms with E-state index in [0.29, 0.717) is 0 Å². The van der Waals surface area contributed by atoms with Gasteiger partial charge >= 0.3 is 0 Å². The smallest absolute Gasteiger partial charge is 0.238 e. The van der Waals surface area contributed by atoms with Crippen LogP contribution >= 0.6 is 11.8 Å². The Balaban J connectivity index is 1.80. The summed E-state index contributed by atoms with van der Waals surface area (Å²) in [4.78, 5) is 12.3. The zero-order valence-electron chi connectivity index (χ0n) is 11.8. The minimum Gasteiger partial charge on any atom is -0.487 e. The first kappa shape index (κ1) is 13.8. The fraction of sp³-hybridized carbons (Fsp3) is 0.533. The van der Waals surface area contributed by atoms with Gasteiger partial charge in [-0.25, -0.2) is 0 Å². The van der Waals surface area contributed by atoms with E-state index >= 15 is 0 Å². The number of fused-ring (bicyclic) bond motifs is 1. The SMILES string of the molecule is CC1(C)CC(NC(=O)C2CSCN2)c2ccccc2O1. The maximum Gasteiger partial charge on any atom is 0.238 e. The number of carbonyl (C=O) groups excluding carboxylic acids is 1. The molecule has 2 unspecified atom stereocenters. The van der Waals surface area contributed by atoms with E-state index in [-0.39, 0.29) is 23.6 Å². The van der Waals surface area contributed by atoms with E-state index in [1.54, 1.807) is 11.8 Å². The standard InChI is InChI=1S/C15H20N2O2S/c1-15(2)7-11(10-5-3-4-6-13(10)19-15)17-14(18)12-8-20-9-16-12/h3-6,11-12,16H,7-9H2,1-2H3,(H,17,18). The van der Waals surface area contributed by atoms with Crippen molar-refractivity contribution >= 4 is 17.7 Å². The van der Waals surface area contributed by atoms with Crippen LogP contribution in [0.25, 0.3) is 0 Å². The van der Waals surface area contributed by atoms with Crippen LogP contribution in [0.4, 0.5) is 0 Å². The Kier molecular flexibility index (Phi) is 3.65. The zero-order valence-corrected chi connectivity index (χ0v) is 12.6. The monoisotopic (exact) mass is 292 g/mol. The van der Waals surface area contributed by atoms with Gasteiger partial charge in [0.1, 0.15) is 11.4 Å². The van der Waals surface area contributed by atoms with Gasteiger partial charge in [0, 0.05) is 23.6 Å². The Morgan fingerprint density at radius 3 is 3.00 bits per heavy atom. The molecule has 0 bridgehead atoms. The highest BCUT2D eigenvalue weighted by Crippen LogP contribution is 2.39. The molecule has 0 spiro atoms. The molecule has 4 nitrogen and oxygen atoms in total. The van der Waals surface area contributed by atoms with Crippen molar-refractivity contribution in [1.82, 2.24) is 10.6 Å². The number of ether oxygens (including phenoxy) is 1. The number of carbonyl (C=O) groups is 1.